The van der Waals surface area contributed by atoms with E-state index in [4.69, 9.17) is 14.2 Å². The van der Waals surface area contributed by atoms with Crippen molar-refractivity contribution in [3.8, 4) is 17.2 Å². The van der Waals surface area contributed by atoms with E-state index in [1.807, 2.05) is 39.0 Å². The lowest BCUT2D eigenvalue weighted by Crippen LogP contribution is -2.32. The van der Waals surface area contributed by atoms with Gasteiger partial charge in [0.1, 0.15) is 17.2 Å². The second kappa shape index (κ2) is 11.1. The molecule has 3 aromatic carbocycles. The highest BCUT2D eigenvalue weighted by Gasteiger charge is 2.21. The molecule has 2 N–H and O–H groups in total. The second-order valence-corrected chi connectivity index (χ2v) is 9.58. The van der Waals surface area contributed by atoms with Gasteiger partial charge in [-0.3, -0.25) is 9.52 Å². The fourth-order valence-corrected chi connectivity index (χ4v) is 4.42. The maximum Gasteiger partial charge on any atom is 0.265 e. The number of rotatable bonds is 10. The molecule has 0 spiro atoms. The molecule has 0 fully saturated rings. The highest BCUT2D eigenvalue weighted by Crippen LogP contribution is 2.31. The maximum atomic E-state index is 12.9. The lowest BCUT2D eigenvalue weighted by Gasteiger charge is -2.19. The van der Waals surface area contributed by atoms with Crippen molar-refractivity contribution in [2.45, 2.75) is 38.2 Å². The Bertz CT molecular complexity index is 1290. The predicted octanol–water partition coefficient (Wildman–Crippen LogP) is 4.92. The van der Waals surface area contributed by atoms with Crippen LogP contribution in [0, 0.1) is 13.8 Å². The van der Waals surface area contributed by atoms with Crippen molar-refractivity contribution in [1.29, 1.82) is 0 Å². The van der Waals surface area contributed by atoms with Gasteiger partial charge in [0.2, 0.25) is 0 Å². The molecule has 35 heavy (non-hydrogen) atoms. The molecule has 0 radical (unpaired) electrons. The summed E-state index contributed by atoms with van der Waals surface area (Å²) in [7, 11) is -0.936. The van der Waals surface area contributed by atoms with E-state index >= 15 is 0 Å². The van der Waals surface area contributed by atoms with E-state index in [-0.39, 0.29) is 16.5 Å². The molecule has 0 aliphatic heterocycles. The normalized spacial score (nSPS) is 11.9. The van der Waals surface area contributed by atoms with Gasteiger partial charge in [-0.1, -0.05) is 19.1 Å². The third-order valence-electron chi connectivity index (χ3n) is 5.57. The predicted molar refractivity (Wildman–Crippen MR) is 136 cm³/mol. The summed E-state index contributed by atoms with van der Waals surface area (Å²) in [4.78, 5) is 12.8. The summed E-state index contributed by atoms with van der Waals surface area (Å²) in [6.45, 7) is 5.80. The van der Waals surface area contributed by atoms with Crippen LogP contribution < -0.4 is 24.2 Å². The number of anilines is 2. The van der Waals surface area contributed by atoms with Crippen molar-refractivity contribution >= 4 is 27.3 Å². The van der Waals surface area contributed by atoms with Crippen LogP contribution in [-0.4, -0.2) is 34.6 Å². The largest absolute Gasteiger partial charge is 0.497 e. The Balaban J connectivity index is 1.71. The van der Waals surface area contributed by atoms with Crippen LogP contribution in [0.15, 0.2) is 65.6 Å². The summed E-state index contributed by atoms with van der Waals surface area (Å²) in [6.07, 6.45) is -0.220. The molecule has 0 saturated heterocycles. The van der Waals surface area contributed by atoms with Crippen LogP contribution in [-0.2, 0) is 14.8 Å². The molecule has 0 bridgehead atoms. The average molecular weight is 499 g/mol. The Kier molecular flexibility index (Phi) is 8.24. The summed E-state index contributed by atoms with van der Waals surface area (Å²) < 4.78 is 44.6. The first-order valence-corrected chi connectivity index (χ1v) is 12.6. The zero-order chi connectivity index (χ0) is 25.6. The monoisotopic (exact) mass is 498 g/mol. The van der Waals surface area contributed by atoms with E-state index in [0.717, 1.165) is 11.1 Å². The van der Waals surface area contributed by atoms with Gasteiger partial charge in [0.15, 0.2) is 6.10 Å². The van der Waals surface area contributed by atoms with Crippen molar-refractivity contribution in [3.05, 3.63) is 71.8 Å². The highest BCUT2D eigenvalue weighted by molar-refractivity contribution is 7.92. The Hall–Kier alpha value is -3.72. The van der Waals surface area contributed by atoms with Crippen LogP contribution in [0.5, 0.6) is 17.2 Å². The van der Waals surface area contributed by atoms with Gasteiger partial charge in [0.05, 0.1) is 24.8 Å². The molecule has 0 saturated carbocycles. The van der Waals surface area contributed by atoms with E-state index in [0.29, 0.717) is 29.4 Å². The van der Waals surface area contributed by atoms with E-state index in [2.05, 4.69) is 10.0 Å². The summed E-state index contributed by atoms with van der Waals surface area (Å²) >= 11 is 0. The van der Waals surface area contributed by atoms with Crippen LogP contribution in [0.4, 0.5) is 11.4 Å². The van der Waals surface area contributed by atoms with Crippen molar-refractivity contribution in [2.75, 3.05) is 24.3 Å². The molecule has 186 valence electrons. The van der Waals surface area contributed by atoms with Crippen LogP contribution in [0.1, 0.15) is 24.5 Å². The Morgan fingerprint density at radius 2 is 1.66 bits per heavy atom. The molecule has 0 aliphatic carbocycles. The zero-order valence-corrected chi connectivity index (χ0v) is 21.2. The number of methoxy groups -OCH3 is 2. The Labute approximate surface area is 206 Å². The van der Waals surface area contributed by atoms with Crippen LogP contribution in [0.2, 0.25) is 0 Å². The lowest BCUT2D eigenvalue weighted by molar-refractivity contribution is -0.122. The number of nitrogens with one attached hydrogen (secondary N) is 2. The first-order chi connectivity index (χ1) is 16.7. The van der Waals surface area contributed by atoms with Gasteiger partial charge in [-0.25, -0.2) is 8.42 Å². The smallest absolute Gasteiger partial charge is 0.265 e. The number of aryl methyl sites for hydroxylation is 1. The fraction of sp³-hybridized carbons (Fsp3) is 0.269. The number of benzene rings is 3. The van der Waals surface area contributed by atoms with Crippen LogP contribution in [0.25, 0.3) is 0 Å². The van der Waals surface area contributed by atoms with E-state index in [1.165, 1.54) is 38.5 Å². The van der Waals surface area contributed by atoms with Crippen molar-refractivity contribution < 1.29 is 27.4 Å². The number of sulfonamides is 1. The minimum atomic E-state index is -3.89. The summed E-state index contributed by atoms with van der Waals surface area (Å²) in [5, 5.41) is 2.79. The van der Waals surface area contributed by atoms with Gasteiger partial charge in [-0.05, 0) is 73.9 Å². The molecule has 1 amide bonds. The second-order valence-electron chi connectivity index (χ2n) is 7.90. The number of ether oxygens (including phenoxy) is 3. The maximum absolute atomic E-state index is 12.9. The van der Waals surface area contributed by atoms with Gasteiger partial charge >= 0.3 is 0 Å². The number of carbonyl (C=O) groups is 1. The standard InChI is InChI=1S/C26H30N2O6S/c1-6-23(34-24-9-7-8-17(2)18(24)3)26(29)27-19-10-13-21(14-11-19)35(30,31)28-22-15-12-20(32-4)16-25(22)33-5/h7-16,23,28H,6H2,1-5H3,(H,27,29). The minimum absolute atomic E-state index is 0.0343. The molecule has 0 aliphatic rings. The number of hydrogen-bond acceptors (Lipinski definition) is 6. The van der Waals surface area contributed by atoms with E-state index < -0.39 is 16.1 Å². The molecule has 9 heteroatoms. The van der Waals surface area contributed by atoms with E-state index in [1.54, 1.807) is 18.2 Å². The topological polar surface area (TPSA) is 103 Å². The SMILES string of the molecule is CCC(Oc1cccc(C)c1C)C(=O)Nc1ccc(S(=O)(=O)Nc2ccc(OC)cc2OC)cc1. The molecule has 3 aromatic rings. The fourth-order valence-electron chi connectivity index (χ4n) is 3.35. The van der Waals surface area contributed by atoms with Gasteiger partial charge in [0.25, 0.3) is 15.9 Å². The molecule has 0 heterocycles. The van der Waals surface area contributed by atoms with Crippen molar-refractivity contribution in [2.24, 2.45) is 0 Å². The van der Waals surface area contributed by atoms with Crippen molar-refractivity contribution in [1.82, 2.24) is 0 Å². The first-order valence-electron chi connectivity index (χ1n) is 11.1. The van der Waals surface area contributed by atoms with Gasteiger partial charge in [-0.2, -0.15) is 0 Å². The number of carbonyl (C=O) groups excluding carboxylic acids is 1. The third kappa shape index (κ3) is 6.24. The molecule has 8 nitrogen and oxygen atoms in total. The Morgan fingerprint density at radius 1 is 0.943 bits per heavy atom. The quantitative estimate of drug-likeness (QED) is 0.411. The molecule has 3 rings (SSSR count). The summed E-state index contributed by atoms with van der Waals surface area (Å²) in [6, 6.07) is 16.4. The van der Waals surface area contributed by atoms with Gasteiger partial charge in [-0.15, -0.1) is 0 Å². The lowest BCUT2D eigenvalue weighted by atomic mass is 10.1. The molecule has 0 aromatic heterocycles. The molecular formula is C26H30N2O6S. The average Bonchev–Trinajstić information content (AvgIpc) is 2.85. The highest BCUT2D eigenvalue weighted by atomic mass is 32.2. The van der Waals surface area contributed by atoms with Gasteiger partial charge < -0.3 is 19.5 Å². The Morgan fingerprint density at radius 3 is 2.29 bits per heavy atom. The summed E-state index contributed by atoms with van der Waals surface area (Å²) in [5.74, 6) is 1.21. The van der Waals surface area contributed by atoms with Crippen LogP contribution >= 0.6 is 0 Å². The van der Waals surface area contributed by atoms with Crippen molar-refractivity contribution in [3.63, 3.8) is 0 Å². The van der Waals surface area contributed by atoms with E-state index in [9.17, 15) is 13.2 Å². The third-order valence-corrected chi connectivity index (χ3v) is 6.95. The molecular weight excluding hydrogens is 468 g/mol. The minimum Gasteiger partial charge on any atom is -0.497 e. The first kappa shape index (κ1) is 25.9. The zero-order valence-electron chi connectivity index (χ0n) is 20.4. The molecule has 1 atom stereocenters. The summed E-state index contributed by atoms with van der Waals surface area (Å²) in [5.41, 5.74) is 2.80. The number of amides is 1. The number of hydrogen-bond donors (Lipinski definition) is 2. The van der Waals surface area contributed by atoms with Gasteiger partial charge in [0, 0.05) is 11.8 Å². The molecule has 1 unspecified atom stereocenters. The van der Waals surface area contributed by atoms with Crippen LogP contribution in [0.3, 0.4) is 0 Å².